The summed E-state index contributed by atoms with van der Waals surface area (Å²) in [4.78, 5) is 11.6. The number of carbonyl (C=O) groups is 1. The quantitative estimate of drug-likeness (QED) is 0.760. The number of rotatable bonds is 4. The summed E-state index contributed by atoms with van der Waals surface area (Å²) in [5.74, 6) is -0.0149. The first kappa shape index (κ1) is 14.7. The van der Waals surface area contributed by atoms with E-state index in [-0.39, 0.29) is 36.6 Å². The van der Waals surface area contributed by atoms with Gasteiger partial charge in [0, 0.05) is 12.6 Å². The van der Waals surface area contributed by atoms with Gasteiger partial charge in [0.25, 0.3) is 0 Å². The molecule has 1 heterocycles. The standard InChI is InChI=1S/C10H20N2O2.ClH/c1-3-8-4-5-9(14-8)10(13)12-7(2)6-11;/h7-9H,3-6,11H2,1-2H3,(H,12,13);1H/t7-,8?,9?;/m1./s1. The molecule has 0 saturated carbocycles. The molecule has 0 aliphatic carbocycles. The monoisotopic (exact) mass is 236 g/mol. The molecule has 5 heteroatoms. The first-order chi connectivity index (χ1) is 6.67. The zero-order valence-electron chi connectivity index (χ0n) is 9.36. The van der Waals surface area contributed by atoms with Crippen molar-refractivity contribution in [2.75, 3.05) is 6.54 Å². The van der Waals surface area contributed by atoms with Gasteiger partial charge in [-0.15, -0.1) is 12.4 Å². The Morgan fingerprint density at radius 2 is 2.27 bits per heavy atom. The van der Waals surface area contributed by atoms with Crippen LogP contribution in [-0.2, 0) is 9.53 Å². The molecule has 4 nitrogen and oxygen atoms in total. The lowest BCUT2D eigenvalue weighted by molar-refractivity contribution is -0.132. The topological polar surface area (TPSA) is 64.4 Å². The number of carbonyl (C=O) groups excluding carboxylic acids is 1. The van der Waals surface area contributed by atoms with Crippen LogP contribution in [0, 0.1) is 0 Å². The summed E-state index contributed by atoms with van der Waals surface area (Å²) in [7, 11) is 0. The fourth-order valence-electron chi connectivity index (χ4n) is 1.59. The molecule has 1 amide bonds. The number of hydrogen-bond donors (Lipinski definition) is 2. The molecule has 1 saturated heterocycles. The molecule has 0 aromatic carbocycles. The maximum atomic E-state index is 11.6. The molecule has 15 heavy (non-hydrogen) atoms. The summed E-state index contributed by atoms with van der Waals surface area (Å²) in [6.45, 7) is 4.44. The molecule has 3 N–H and O–H groups in total. The Labute approximate surface area is 97.3 Å². The van der Waals surface area contributed by atoms with Crippen LogP contribution >= 0.6 is 12.4 Å². The van der Waals surface area contributed by atoms with E-state index >= 15 is 0 Å². The first-order valence-corrected chi connectivity index (χ1v) is 5.33. The van der Waals surface area contributed by atoms with E-state index in [4.69, 9.17) is 10.5 Å². The average molecular weight is 237 g/mol. The predicted molar refractivity (Wildman–Crippen MR) is 62.1 cm³/mol. The minimum absolute atomic E-state index is 0. The molecule has 3 atom stereocenters. The molecule has 1 fully saturated rings. The number of ether oxygens (including phenoxy) is 1. The second kappa shape index (κ2) is 7.04. The molecule has 0 radical (unpaired) electrons. The second-order valence-electron chi connectivity index (χ2n) is 3.88. The van der Waals surface area contributed by atoms with Gasteiger partial charge < -0.3 is 15.8 Å². The fourth-order valence-corrected chi connectivity index (χ4v) is 1.59. The van der Waals surface area contributed by atoms with Gasteiger partial charge in [-0.25, -0.2) is 0 Å². The second-order valence-corrected chi connectivity index (χ2v) is 3.88. The van der Waals surface area contributed by atoms with E-state index < -0.39 is 0 Å². The van der Waals surface area contributed by atoms with Crippen molar-refractivity contribution in [3.8, 4) is 0 Å². The highest BCUT2D eigenvalue weighted by Crippen LogP contribution is 2.21. The Bertz CT molecular complexity index is 202. The molecule has 0 bridgehead atoms. The van der Waals surface area contributed by atoms with Crippen molar-refractivity contribution >= 4 is 18.3 Å². The minimum atomic E-state index is -0.256. The third kappa shape index (κ3) is 4.36. The first-order valence-electron chi connectivity index (χ1n) is 5.33. The lowest BCUT2D eigenvalue weighted by Crippen LogP contribution is -2.43. The van der Waals surface area contributed by atoms with Gasteiger partial charge in [0.2, 0.25) is 5.91 Å². The predicted octanol–water partition coefficient (Wildman–Crippen LogP) is 0.829. The van der Waals surface area contributed by atoms with E-state index in [9.17, 15) is 4.79 Å². The summed E-state index contributed by atoms with van der Waals surface area (Å²) in [5, 5.41) is 2.83. The van der Waals surface area contributed by atoms with Crippen LogP contribution in [0.3, 0.4) is 0 Å². The van der Waals surface area contributed by atoms with E-state index in [1.54, 1.807) is 0 Å². The van der Waals surface area contributed by atoms with Gasteiger partial charge in [-0.2, -0.15) is 0 Å². The number of hydrogen-bond acceptors (Lipinski definition) is 3. The number of nitrogens with one attached hydrogen (secondary N) is 1. The fraction of sp³-hybridized carbons (Fsp3) is 0.900. The van der Waals surface area contributed by atoms with Gasteiger partial charge in [-0.3, -0.25) is 4.79 Å². The van der Waals surface area contributed by atoms with E-state index in [0.717, 1.165) is 19.3 Å². The maximum Gasteiger partial charge on any atom is 0.249 e. The molecule has 2 unspecified atom stereocenters. The smallest absolute Gasteiger partial charge is 0.249 e. The van der Waals surface area contributed by atoms with Crippen LogP contribution < -0.4 is 11.1 Å². The average Bonchev–Trinajstić information content (AvgIpc) is 2.65. The van der Waals surface area contributed by atoms with Crippen LogP contribution in [0.2, 0.25) is 0 Å². The lowest BCUT2D eigenvalue weighted by atomic mass is 10.1. The van der Waals surface area contributed by atoms with Crippen molar-refractivity contribution < 1.29 is 9.53 Å². The van der Waals surface area contributed by atoms with Gasteiger partial charge >= 0.3 is 0 Å². The molecule has 0 aromatic rings. The highest BCUT2D eigenvalue weighted by molar-refractivity contribution is 5.85. The van der Waals surface area contributed by atoms with Crippen LogP contribution in [0.5, 0.6) is 0 Å². The molecule has 0 spiro atoms. The van der Waals surface area contributed by atoms with Gasteiger partial charge in [0.15, 0.2) is 0 Å². The van der Waals surface area contributed by atoms with Crippen molar-refractivity contribution in [2.45, 2.75) is 51.4 Å². The van der Waals surface area contributed by atoms with Crippen molar-refractivity contribution in [2.24, 2.45) is 5.73 Å². The van der Waals surface area contributed by atoms with E-state index in [2.05, 4.69) is 12.2 Å². The van der Waals surface area contributed by atoms with Crippen molar-refractivity contribution in [3.05, 3.63) is 0 Å². The normalized spacial score (nSPS) is 26.9. The van der Waals surface area contributed by atoms with Gasteiger partial charge in [-0.1, -0.05) is 6.92 Å². The Kier molecular flexibility index (Phi) is 6.89. The largest absolute Gasteiger partial charge is 0.365 e. The highest BCUT2D eigenvalue weighted by atomic mass is 35.5. The third-order valence-electron chi connectivity index (χ3n) is 2.60. The molecular weight excluding hydrogens is 216 g/mol. The van der Waals surface area contributed by atoms with Crippen LogP contribution in [-0.4, -0.2) is 30.7 Å². The van der Waals surface area contributed by atoms with E-state index in [0.29, 0.717) is 6.54 Å². The summed E-state index contributed by atoms with van der Waals surface area (Å²) in [6, 6.07) is 0.0341. The molecule has 1 rings (SSSR count). The van der Waals surface area contributed by atoms with Crippen LogP contribution in [0.25, 0.3) is 0 Å². The van der Waals surface area contributed by atoms with Crippen LogP contribution in [0.4, 0.5) is 0 Å². The molecule has 1 aliphatic heterocycles. The number of amides is 1. The van der Waals surface area contributed by atoms with Crippen LogP contribution in [0.1, 0.15) is 33.1 Å². The number of nitrogens with two attached hydrogens (primary N) is 1. The molecule has 1 aliphatic rings. The van der Waals surface area contributed by atoms with Gasteiger partial charge in [-0.05, 0) is 26.2 Å². The van der Waals surface area contributed by atoms with Gasteiger partial charge in [0.1, 0.15) is 6.10 Å². The van der Waals surface area contributed by atoms with Crippen molar-refractivity contribution in [1.82, 2.24) is 5.32 Å². The third-order valence-corrected chi connectivity index (χ3v) is 2.60. The lowest BCUT2D eigenvalue weighted by Gasteiger charge is -2.16. The molecular formula is C10H21ClN2O2. The van der Waals surface area contributed by atoms with E-state index in [1.807, 2.05) is 6.92 Å². The molecule has 0 aromatic heterocycles. The Hall–Kier alpha value is -0.320. The SMILES string of the molecule is CCC1CCC(C(=O)N[C@H](C)CN)O1.Cl. The van der Waals surface area contributed by atoms with Crippen molar-refractivity contribution in [1.29, 1.82) is 0 Å². The zero-order chi connectivity index (χ0) is 10.6. The van der Waals surface area contributed by atoms with Crippen molar-refractivity contribution in [3.63, 3.8) is 0 Å². The summed E-state index contributed by atoms with van der Waals surface area (Å²) < 4.78 is 5.56. The molecule has 90 valence electrons. The Morgan fingerprint density at radius 3 is 2.73 bits per heavy atom. The summed E-state index contributed by atoms with van der Waals surface area (Å²) >= 11 is 0. The Balaban J connectivity index is 0.00000196. The zero-order valence-corrected chi connectivity index (χ0v) is 10.2. The number of halogens is 1. The van der Waals surface area contributed by atoms with E-state index in [1.165, 1.54) is 0 Å². The van der Waals surface area contributed by atoms with Crippen LogP contribution in [0.15, 0.2) is 0 Å². The van der Waals surface area contributed by atoms with Gasteiger partial charge in [0.05, 0.1) is 6.10 Å². The Morgan fingerprint density at radius 1 is 1.60 bits per heavy atom. The maximum absolute atomic E-state index is 11.6. The minimum Gasteiger partial charge on any atom is -0.365 e. The summed E-state index contributed by atoms with van der Waals surface area (Å²) in [6.07, 6.45) is 2.82. The highest BCUT2D eigenvalue weighted by Gasteiger charge is 2.29. The summed E-state index contributed by atoms with van der Waals surface area (Å²) in [5.41, 5.74) is 5.42.